The molecule has 2 aromatic carbocycles. The molecule has 11 nitrogen and oxygen atoms in total. The predicted octanol–water partition coefficient (Wildman–Crippen LogP) is 2.42. The second-order valence-corrected chi connectivity index (χ2v) is 10.2. The van der Waals surface area contributed by atoms with E-state index in [1.54, 1.807) is 49.6 Å². The minimum absolute atomic E-state index is 0.0683. The van der Waals surface area contributed by atoms with Gasteiger partial charge in [0.05, 0.1) is 29.5 Å². The fraction of sp³-hybridized carbons (Fsp3) is 0.231. The highest BCUT2D eigenvalue weighted by molar-refractivity contribution is 7.92. The van der Waals surface area contributed by atoms with Gasteiger partial charge in [0.15, 0.2) is 5.69 Å². The van der Waals surface area contributed by atoms with Gasteiger partial charge in [-0.25, -0.2) is 13.2 Å². The standard InChI is InChI=1S/C26H28N6O5S/c1-18-25(26(34)37-2)30-32(29-18)22-9-11-23(12-10-22)38(35,36)31-21-7-5-19(6-8-21)13-15-28-17-24(33)20-4-3-14-27-16-20/h3-12,14,16,24,28,31,33H,13,15,17H2,1-2H3/t24-/m0/s1. The zero-order valence-electron chi connectivity index (χ0n) is 20.9. The lowest BCUT2D eigenvalue weighted by atomic mass is 10.1. The number of rotatable bonds is 11. The van der Waals surface area contributed by atoms with Crippen LogP contribution in [0.25, 0.3) is 5.69 Å². The summed E-state index contributed by atoms with van der Waals surface area (Å²) in [5.74, 6) is -0.598. The molecule has 3 N–H and O–H groups in total. The number of nitrogens with one attached hydrogen (secondary N) is 2. The molecule has 0 aliphatic carbocycles. The first kappa shape index (κ1) is 26.9. The second-order valence-electron chi connectivity index (χ2n) is 8.47. The Labute approximate surface area is 220 Å². The number of aryl methyl sites for hydroxylation is 1. The molecule has 0 bridgehead atoms. The van der Waals surface area contributed by atoms with E-state index >= 15 is 0 Å². The third-order valence-electron chi connectivity index (χ3n) is 5.74. The molecule has 12 heteroatoms. The number of carbonyl (C=O) groups excluding carboxylic acids is 1. The Kier molecular flexibility index (Phi) is 8.46. The first-order valence-electron chi connectivity index (χ1n) is 11.8. The lowest BCUT2D eigenvalue weighted by Gasteiger charge is -2.12. The Morgan fingerprint density at radius 1 is 1.08 bits per heavy atom. The van der Waals surface area contributed by atoms with Crippen molar-refractivity contribution in [3.05, 3.63) is 95.6 Å². The van der Waals surface area contributed by atoms with Crippen LogP contribution in [-0.2, 0) is 21.2 Å². The van der Waals surface area contributed by atoms with Crippen LogP contribution in [0.4, 0.5) is 5.69 Å². The molecule has 0 aliphatic rings. The molecule has 0 fully saturated rings. The van der Waals surface area contributed by atoms with Crippen molar-refractivity contribution >= 4 is 21.7 Å². The van der Waals surface area contributed by atoms with Crippen LogP contribution in [0.15, 0.2) is 78.0 Å². The minimum Gasteiger partial charge on any atom is -0.464 e. The van der Waals surface area contributed by atoms with Crippen LogP contribution in [0.1, 0.15) is 33.4 Å². The van der Waals surface area contributed by atoms with Gasteiger partial charge in [-0.1, -0.05) is 18.2 Å². The summed E-state index contributed by atoms with van der Waals surface area (Å²) in [7, 11) is -2.56. The summed E-state index contributed by atoms with van der Waals surface area (Å²) in [5, 5.41) is 21.7. The highest BCUT2D eigenvalue weighted by Crippen LogP contribution is 2.19. The number of anilines is 1. The van der Waals surface area contributed by atoms with Crippen LogP contribution >= 0.6 is 0 Å². The Morgan fingerprint density at radius 2 is 1.82 bits per heavy atom. The summed E-state index contributed by atoms with van der Waals surface area (Å²) in [6.07, 6.45) is 3.38. The number of carbonyl (C=O) groups is 1. The number of ether oxygens (including phenoxy) is 1. The number of aliphatic hydroxyl groups excluding tert-OH is 1. The van der Waals surface area contributed by atoms with Gasteiger partial charge in [-0.05, 0) is 67.9 Å². The van der Waals surface area contributed by atoms with Gasteiger partial charge in [0, 0.05) is 30.2 Å². The van der Waals surface area contributed by atoms with Gasteiger partial charge in [0.25, 0.3) is 10.0 Å². The minimum atomic E-state index is -3.82. The van der Waals surface area contributed by atoms with E-state index in [9.17, 15) is 18.3 Å². The largest absolute Gasteiger partial charge is 0.464 e. The molecule has 0 amide bonds. The highest BCUT2D eigenvalue weighted by Gasteiger charge is 2.18. The molecule has 2 aromatic heterocycles. The number of methoxy groups -OCH3 is 1. The van der Waals surface area contributed by atoms with Crippen molar-refractivity contribution in [1.82, 2.24) is 25.3 Å². The van der Waals surface area contributed by atoms with Crippen LogP contribution in [0.2, 0.25) is 0 Å². The molecule has 0 saturated carbocycles. The van der Waals surface area contributed by atoms with Gasteiger partial charge < -0.3 is 15.2 Å². The van der Waals surface area contributed by atoms with Crippen LogP contribution in [0.5, 0.6) is 0 Å². The fourth-order valence-electron chi connectivity index (χ4n) is 3.65. The summed E-state index contributed by atoms with van der Waals surface area (Å²) < 4.78 is 33.0. The van der Waals surface area contributed by atoms with Gasteiger partial charge in [-0.3, -0.25) is 9.71 Å². The van der Waals surface area contributed by atoms with E-state index in [0.717, 1.165) is 11.1 Å². The van der Waals surface area contributed by atoms with Crippen molar-refractivity contribution in [2.24, 2.45) is 0 Å². The first-order valence-corrected chi connectivity index (χ1v) is 13.3. The molecule has 2 heterocycles. The number of sulfonamides is 1. The monoisotopic (exact) mass is 536 g/mol. The Hall–Kier alpha value is -4.13. The van der Waals surface area contributed by atoms with Gasteiger partial charge in [0.1, 0.15) is 0 Å². The van der Waals surface area contributed by atoms with E-state index in [-0.39, 0.29) is 10.6 Å². The normalized spacial score (nSPS) is 12.2. The first-order chi connectivity index (χ1) is 18.3. The molecule has 0 spiro atoms. The molecule has 4 rings (SSSR count). The molecule has 0 unspecified atom stereocenters. The number of aromatic nitrogens is 4. The van der Waals surface area contributed by atoms with Gasteiger partial charge >= 0.3 is 5.97 Å². The zero-order valence-corrected chi connectivity index (χ0v) is 21.7. The van der Waals surface area contributed by atoms with Crippen molar-refractivity contribution < 1.29 is 23.1 Å². The number of hydrogen-bond donors (Lipinski definition) is 3. The Morgan fingerprint density at radius 3 is 2.47 bits per heavy atom. The molecular formula is C26H28N6O5S. The molecule has 198 valence electrons. The lowest BCUT2D eigenvalue weighted by Crippen LogP contribution is -2.23. The molecule has 0 radical (unpaired) electrons. The average Bonchev–Trinajstić information content (AvgIpc) is 3.33. The van der Waals surface area contributed by atoms with E-state index < -0.39 is 22.1 Å². The Bertz CT molecular complexity index is 1470. The summed E-state index contributed by atoms with van der Waals surface area (Å²) in [5.41, 5.74) is 3.20. The van der Waals surface area contributed by atoms with E-state index in [0.29, 0.717) is 36.6 Å². The molecule has 0 aliphatic heterocycles. The van der Waals surface area contributed by atoms with Crippen molar-refractivity contribution in [2.75, 3.05) is 24.9 Å². The molecule has 4 aromatic rings. The van der Waals surface area contributed by atoms with Crippen LogP contribution in [-0.4, -0.2) is 59.7 Å². The average molecular weight is 537 g/mol. The van der Waals surface area contributed by atoms with Gasteiger partial charge in [0.2, 0.25) is 0 Å². The van der Waals surface area contributed by atoms with Crippen LogP contribution in [0.3, 0.4) is 0 Å². The van der Waals surface area contributed by atoms with Crippen molar-refractivity contribution in [1.29, 1.82) is 0 Å². The topological polar surface area (TPSA) is 148 Å². The van der Waals surface area contributed by atoms with E-state index in [2.05, 4.69) is 30.0 Å². The zero-order chi connectivity index (χ0) is 27.1. The highest BCUT2D eigenvalue weighted by atomic mass is 32.2. The van der Waals surface area contributed by atoms with E-state index in [4.69, 9.17) is 0 Å². The van der Waals surface area contributed by atoms with Gasteiger partial charge in [-0.15, -0.1) is 5.10 Å². The summed E-state index contributed by atoms with van der Waals surface area (Å²) >= 11 is 0. The number of esters is 1. The van der Waals surface area contributed by atoms with E-state index in [1.807, 2.05) is 18.2 Å². The maximum atomic E-state index is 12.9. The number of pyridine rings is 1. The third kappa shape index (κ3) is 6.59. The molecule has 1 atom stereocenters. The maximum absolute atomic E-state index is 12.9. The summed E-state index contributed by atoms with van der Waals surface area (Å²) in [6, 6.07) is 16.7. The maximum Gasteiger partial charge on any atom is 0.360 e. The fourth-order valence-corrected chi connectivity index (χ4v) is 4.71. The third-order valence-corrected chi connectivity index (χ3v) is 7.14. The Balaban J connectivity index is 1.31. The number of aliphatic hydroxyl groups is 1. The SMILES string of the molecule is COC(=O)c1nn(-c2ccc(S(=O)(=O)Nc3ccc(CCNC[C@H](O)c4cccnc4)cc3)cc2)nc1C. The number of benzene rings is 2. The van der Waals surface area contributed by atoms with Crippen molar-refractivity contribution in [2.45, 2.75) is 24.3 Å². The van der Waals surface area contributed by atoms with Crippen LogP contribution < -0.4 is 10.0 Å². The second kappa shape index (κ2) is 11.9. The predicted molar refractivity (Wildman–Crippen MR) is 140 cm³/mol. The quantitative estimate of drug-likeness (QED) is 0.194. The van der Waals surface area contributed by atoms with Crippen molar-refractivity contribution in [3.63, 3.8) is 0 Å². The smallest absolute Gasteiger partial charge is 0.360 e. The van der Waals surface area contributed by atoms with Crippen molar-refractivity contribution in [3.8, 4) is 5.69 Å². The lowest BCUT2D eigenvalue weighted by molar-refractivity contribution is 0.0592. The van der Waals surface area contributed by atoms with Gasteiger partial charge in [-0.2, -0.15) is 9.90 Å². The van der Waals surface area contributed by atoms with Crippen LogP contribution in [0, 0.1) is 6.92 Å². The van der Waals surface area contributed by atoms with E-state index in [1.165, 1.54) is 24.0 Å². The molecule has 38 heavy (non-hydrogen) atoms. The summed E-state index contributed by atoms with van der Waals surface area (Å²) in [6.45, 7) is 2.69. The summed E-state index contributed by atoms with van der Waals surface area (Å²) in [4.78, 5) is 17.1. The molecular weight excluding hydrogens is 508 g/mol. The number of hydrogen-bond acceptors (Lipinski definition) is 9. The number of nitrogens with zero attached hydrogens (tertiary/aromatic N) is 4. The molecule has 0 saturated heterocycles.